The molecule has 8 heteroatoms. The molecule has 0 bridgehead atoms. The van der Waals surface area contributed by atoms with Gasteiger partial charge in [-0.3, -0.25) is 9.80 Å². The van der Waals surface area contributed by atoms with E-state index >= 15 is 0 Å². The van der Waals surface area contributed by atoms with Gasteiger partial charge in [-0.25, -0.2) is 9.97 Å². The van der Waals surface area contributed by atoms with E-state index in [1.165, 1.54) is 5.56 Å². The molecule has 8 nitrogen and oxygen atoms in total. The normalized spacial score (nSPS) is 18.6. The highest BCUT2D eigenvalue weighted by atomic mass is 16.5. The molecule has 2 fully saturated rings. The zero-order valence-corrected chi connectivity index (χ0v) is 18.2. The van der Waals surface area contributed by atoms with Gasteiger partial charge >= 0.3 is 0 Å². The van der Waals surface area contributed by atoms with Crippen LogP contribution in [0.3, 0.4) is 0 Å². The molecule has 168 valence electrons. The molecule has 0 unspecified atom stereocenters. The second-order valence-corrected chi connectivity index (χ2v) is 7.91. The zero-order valence-electron chi connectivity index (χ0n) is 18.2. The lowest BCUT2D eigenvalue weighted by atomic mass is 10.1. The number of ether oxygens (including phenoxy) is 4. The minimum absolute atomic E-state index is 0.130. The van der Waals surface area contributed by atoms with E-state index in [4.69, 9.17) is 18.9 Å². The van der Waals surface area contributed by atoms with Crippen LogP contribution in [0.15, 0.2) is 36.7 Å². The monoisotopic (exact) mass is 428 g/mol. The maximum atomic E-state index is 6.18. The lowest BCUT2D eigenvalue weighted by Crippen LogP contribution is -2.39. The fraction of sp³-hybridized carbons (Fsp3) is 0.565. The minimum Gasteiger partial charge on any atom is -0.497 e. The molecule has 0 saturated carbocycles. The molecule has 1 aromatic carbocycles. The highest BCUT2D eigenvalue weighted by Gasteiger charge is 2.23. The van der Waals surface area contributed by atoms with E-state index in [1.54, 1.807) is 19.5 Å². The van der Waals surface area contributed by atoms with E-state index in [9.17, 15) is 0 Å². The van der Waals surface area contributed by atoms with Gasteiger partial charge in [0, 0.05) is 51.7 Å². The second-order valence-electron chi connectivity index (χ2n) is 7.91. The number of benzene rings is 1. The Bertz CT molecular complexity index is 790. The summed E-state index contributed by atoms with van der Waals surface area (Å²) in [6.07, 6.45) is 5.35. The van der Waals surface area contributed by atoms with E-state index in [2.05, 4.69) is 31.9 Å². The maximum Gasteiger partial charge on any atom is 0.278 e. The average Bonchev–Trinajstić information content (AvgIpc) is 2.83. The van der Waals surface area contributed by atoms with Crippen LogP contribution in [0.25, 0.3) is 0 Å². The van der Waals surface area contributed by atoms with Crippen molar-refractivity contribution in [3.8, 4) is 17.5 Å². The van der Waals surface area contributed by atoms with Crippen molar-refractivity contribution in [3.63, 3.8) is 0 Å². The van der Waals surface area contributed by atoms with Crippen LogP contribution >= 0.6 is 0 Å². The number of hydrogen-bond acceptors (Lipinski definition) is 8. The van der Waals surface area contributed by atoms with E-state index in [1.807, 2.05) is 12.1 Å². The van der Waals surface area contributed by atoms with Crippen LogP contribution in [0.4, 0.5) is 0 Å². The third-order valence-corrected chi connectivity index (χ3v) is 5.76. The Labute approximate surface area is 184 Å². The van der Waals surface area contributed by atoms with Gasteiger partial charge in [0.25, 0.3) is 11.8 Å². The molecule has 2 aliphatic rings. The number of hydrogen-bond donors (Lipinski definition) is 0. The van der Waals surface area contributed by atoms with Crippen molar-refractivity contribution in [1.82, 2.24) is 19.8 Å². The van der Waals surface area contributed by atoms with Crippen molar-refractivity contribution in [2.75, 3.05) is 59.7 Å². The highest BCUT2D eigenvalue weighted by Crippen LogP contribution is 2.25. The van der Waals surface area contributed by atoms with Gasteiger partial charge in [0.05, 0.1) is 20.3 Å². The molecule has 2 aliphatic heterocycles. The summed E-state index contributed by atoms with van der Waals surface area (Å²) in [5, 5.41) is 0. The molecule has 0 aliphatic carbocycles. The first-order valence-corrected chi connectivity index (χ1v) is 11.1. The molecular weight excluding hydrogens is 396 g/mol. The highest BCUT2D eigenvalue weighted by molar-refractivity contribution is 5.27. The smallest absolute Gasteiger partial charge is 0.278 e. The number of piperidine rings is 1. The number of morpholine rings is 1. The van der Waals surface area contributed by atoms with Crippen LogP contribution in [-0.4, -0.2) is 85.5 Å². The predicted octanol–water partition coefficient (Wildman–Crippen LogP) is 2.24. The van der Waals surface area contributed by atoms with Crippen LogP contribution < -0.4 is 14.2 Å². The van der Waals surface area contributed by atoms with Crippen LogP contribution in [0.2, 0.25) is 0 Å². The Morgan fingerprint density at radius 3 is 2.35 bits per heavy atom. The van der Waals surface area contributed by atoms with Gasteiger partial charge in [-0.2, -0.15) is 0 Å². The summed E-state index contributed by atoms with van der Waals surface area (Å²) >= 11 is 0. The van der Waals surface area contributed by atoms with E-state index in [-0.39, 0.29) is 6.10 Å². The topological polar surface area (TPSA) is 69.2 Å². The molecule has 0 amide bonds. The largest absolute Gasteiger partial charge is 0.497 e. The Morgan fingerprint density at radius 2 is 1.65 bits per heavy atom. The minimum atomic E-state index is 0.130. The zero-order chi connectivity index (χ0) is 21.3. The Hall–Kier alpha value is -2.42. The number of likely N-dealkylation sites (tertiary alicyclic amines) is 1. The molecule has 2 saturated heterocycles. The summed E-state index contributed by atoms with van der Waals surface area (Å²) in [5.74, 6) is 1.87. The van der Waals surface area contributed by atoms with Gasteiger partial charge in [0.1, 0.15) is 18.5 Å². The summed E-state index contributed by atoms with van der Waals surface area (Å²) < 4.78 is 22.7. The second kappa shape index (κ2) is 11.3. The number of aromatic nitrogens is 2. The standard InChI is InChI=1S/C23H32N4O4/c1-28-20-4-2-19(3-5-20)18-27-10-6-21(7-11-27)31-23-22(24-8-9-25-23)30-17-14-26-12-15-29-16-13-26/h2-5,8-9,21H,6-7,10-18H2,1H3. The Kier molecular flexibility index (Phi) is 7.93. The van der Waals surface area contributed by atoms with E-state index in [0.717, 1.165) is 71.1 Å². The molecule has 0 N–H and O–H groups in total. The molecule has 31 heavy (non-hydrogen) atoms. The van der Waals surface area contributed by atoms with Crippen LogP contribution in [0.1, 0.15) is 18.4 Å². The molecule has 3 heterocycles. The van der Waals surface area contributed by atoms with Crippen LogP contribution in [0.5, 0.6) is 17.5 Å². The summed E-state index contributed by atoms with van der Waals surface area (Å²) in [5.41, 5.74) is 1.30. The van der Waals surface area contributed by atoms with Crippen LogP contribution in [0, 0.1) is 0 Å². The fourth-order valence-corrected chi connectivity index (χ4v) is 3.92. The van der Waals surface area contributed by atoms with Gasteiger partial charge in [-0.15, -0.1) is 0 Å². The molecule has 0 atom stereocenters. The molecule has 0 radical (unpaired) electrons. The van der Waals surface area contributed by atoms with E-state index < -0.39 is 0 Å². The first kappa shape index (κ1) is 21.8. The van der Waals surface area contributed by atoms with Crippen LogP contribution in [-0.2, 0) is 11.3 Å². The van der Waals surface area contributed by atoms with Gasteiger partial charge in [-0.1, -0.05) is 12.1 Å². The summed E-state index contributed by atoms with van der Waals surface area (Å²) in [4.78, 5) is 13.5. The van der Waals surface area contributed by atoms with Gasteiger partial charge in [-0.05, 0) is 30.5 Å². The molecular formula is C23H32N4O4. The molecule has 1 aromatic heterocycles. The number of methoxy groups -OCH3 is 1. The molecule has 2 aromatic rings. The maximum absolute atomic E-state index is 6.18. The summed E-state index contributed by atoms with van der Waals surface area (Å²) in [6, 6.07) is 8.28. The lowest BCUT2D eigenvalue weighted by Gasteiger charge is -2.32. The van der Waals surface area contributed by atoms with Gasteiger partial charge < -0.3 is 18.9 Å². The quantitative estimate of drug-likeness (QED) is 0.602. The fourth-order valence-electron chi connectivity index (χ4n) is 3.92. The summed E-state index contributed by atoms with van der Waals surface area (Å²) in [6.45, 7) is 7.81. The first-order chi connectivity index (χ1) is 15.3. The van der Waals surface area contributed by atoms with E-state index in [0.29, 0.717) is 18.4 Å². The van der Waals surface area contributed by atoms with Crippen molar-refractivity contribution in [3.05, 3.63) is 42.2 Å². The van der Waals surface area contributed by atoms with Crippen molar-refractivity contribution in [1.29, 1.82) is 0 Å². The number of rotatable bonds is 9. The Balaban J connectivity index is 1.22. The van der Waals surface area contributed by atoms with Gasteiger partial charge in [0.15, 0.2) is 0 Å². The SMILES string of the molecule is COc1ccc(CN2CCC(Oc3nccnc3OCCN3CCOCC3)CC2)cc1. The summed E-state index contributed by atoms with van der Waals surface area (Å²) in [7, 11) is 1.69. The Morgan fingerprint density at radius 1 is 0.935 bits per heavy atom. The van der Waals surface area contributed by atoms with Crippen molar-refractivity contribution >= 4 is 0 Å². The first-order valence-electron chi connectivity index (χ1n) is 11.1. The third kappa shape index (κ3) is 6.53. The number of nitrogens with zero attached hydrogens (tertiary/aromatic N) is 4. The predicted molar refractivity (Wildman–Crippen MR) is 117 cm³/mol. The van der Waals surface area contributed by atoms with Crippen molar-refractivity contribution in [2.45, 2.75) is 25.5 Å². The van der Waals surface area contributed by atoms with Crippen molar-refractivity contribution in [2.24, 2.45) is 0 Å². The van der Waals surface area contributed by atoms with Crippen molar-refractivity contribution < 1.29 is 18.9 Å². The average molecular weight is 429 g/mol. The molecule has 4 rings (SSSR count). The lowest BCUT2D eigenvalue weighted by molar-refractivity contribution is 0.0313. The molecule has 0 spiro atoms. The third-order valence-electron chi connectivity index (χ3n) is 5.76. The van der Waals surface area contributed by atoms with Gasteiger partial charge in [0.2, 0.25) is 0 Å².